The summed E-state index contributed by atoms with van der Waals surface area (Å²) in [6, 6.07) is 7.84. The SMILES string of the molecule is C#CCN(C)c1ccc([C@@H](O)CC)cc1. The topological polar surface area (TPSA) is 23.5 Å². The molecule has 0 unspecified atom stereocenters. The van der Waals surface area contributed by atoms with Crippen LogP contribution in [-0.4, -0.2) is 18.7 Å². The maximum Gasteiger partial charge on any atom is 0.0788 e. The Morgan fingerprint density at radius 2 is 2.00 bits per heavy atom. The van der Waals surface area contributed by atoms with Gasteiger partial charge in [0.2, 0.25) is 0 Å². The highest BCUT2D eigenvalue weighted by Gasteiger charge is 2.05. The number of nitrogens with zero attached hydrogens (tertiary/aromatic N) is 1. The van der Waals surface area contributed by atoms with Crippen LogP contribution in [0.4, 0.5) is 5.69 Å². The van der Waals surface area contributed by atoms with Crippen LogP contribution in [0, 0.1) is 12.3 Å². The van der Waals surface area contributed by atoms with Crippen molar-refractivity contribution >= 4 is 5.69 Å². The first-order chi connectivity index (χ1) is 7.19. The summed E-state index contributed by atoms with van der Waals surface area (Å²) in [6.45, 7) is 2.55. The van der Waals surface area contributed by atoms with E-state index in [4.69, 9.17) is 6.42 Å². The third-order valence-corrected chi connectivity index (χ3v) is 2.43. The molecule has 0 aliphatic rings. The lowest BCUT2D eigenvalue weighted by atomic mass is 10.1. The van der Waals surface area contributed by atoms with Gasteiger partial charge in [0, 0.05) is 12.7 Å². The van der Waals surface area contributed by atoms with E-state index in [1.165, 1.54) is 0 Å². The lowest BCUT2D eigenvalue weighted by Crippen LogP contribution is -2.16. The molecule has 0 radical (unpaired) electrons. The molecule has 0 amide bonds. The maximum atomic E-state index is 9.62. The summed E-state index contributed by atoms with van der Waals surface area (Å²) < 4.78 is 0. The minimum atomic E-state index is -0.364. The molecule has 80 valence electrons. The summed E-state index contributed by atoms with van der Waals surface area (Å²) in [5.41, 5.74) is 2.02. The van der Waals surface area contributed by atoms with Crippen LogP contribution < -0.4 is 4.90 Å². The standard InChI is InChI=1S/C13H17NO/c1-4-10-14(3)12-8-6-11(7-9-12)13(15)5-2/h1,6-9,13,15H,5,10H2,2-3H3/t13-/m0/s1. The Balaban J connectivity index is 2.77. The van der Waals surface area contributed by atoms with E-state index < -0.39 is 0 Å². The number of aliphatic hydroxyl groups excluding tert-OH is 1. The molecule has 2 heteroatoms. The van der Waals surface area contributed by atoms with Crippen molar-refractivity contribution < 1.29 is 5.11 Å². The molecule has 0 heterocycles. The van der Waals surface area contributed by atoms with Crippen molar-refractivity contribution in [2.45, 2.75) is 19.4 Å². The van der Waals surface area contributed by atoms with Crippen molar-refractivity contribution in [1.29, 1.82) is 0 Å². The quantitative estimate of drug-likeness (QED) is 0.758. The summed E-state index contributed by atoms with van der Waals surface area (Å²) >= 11 is 0. The molecule has 0 fully saturated rings. The lowest BCUT2D eigenvalue weighted by Gasteiger charge is -2.17. The number of anilines is 1. The van der Waals surface area contributed by atoms with Gasteiger partial charge in [-0.2, -0.15) is 0 Å². The van der Waals surface area contributed by atoms with Gasteiger partial charge in [-0.1, -0.05) is 25.0 Å². The summed E-state index contributed by atoms with van der Waals surface area (Å²) in [5, 5.41) is 9.62. The first-order valence-electron chi connectivity index (χ1n) is 5.11. The Morgan fingerprint density at radius 3 is 2.47 bits per heavy atom. The van der Waals surface area contributed by atoms with Crippen molar-refractivity contribution in [3.8, 4) is 12.3 Å². The van der Waals surface area contributed by atoms with Crippen molar-refractivity contribution in [2.75, 3.05) is 18.5 Å². The van der Waals surface area contributed by atoms with E-state index in [0.717, 1.165) is 17.7 Å². The Labute approximate surface area is 91.5 Å². The molecule has 0 saturated heterocycles. The smallest absolute Gasteiger partial charge is 0.0788 e. The third kappa shape index (κ3) is 3.00. The van der Waals surface area contributed by atoms with Gasteiger partial charge in [0.15, 0.2) is 0 Å². The second-order valence-electron chi connectivity index (χ2n) is 3.58. The van der Waals surface area contributed by atoms with Gasteiger partial charge in [-0.3, -0.25) is 0 Å². The molecule has 0 saturated carbocycles. The predicted octanol–water partition coefficient (Wildman–Crippen LogP) is 2.20. The van der Waals surface area contributed by atoms with Crippen LogP contribution in [0.15, 0.2) is 24.3 Å². The molecule has 15 heavy (non-hydrogen) atoms. The molecule has 0 aliphatic carbocycles. The fourth-order valence-electron chi connectivity index (χ4n) is 1.41. The summed E-state index contributed by atoms with van der Waals surface area (Å²) in [6.07, 6.45) is 5.61. The van der Waals surface area contributed by atoms with E-state index in [0.29, 0.717) is 6.54 Å². The lowest BCUT2D eigenvalue weighted by molar-refractivity contribution is 0.173. The van der Waals surface area contributed by atoms with Crippen molar-refractivity contribution in [3.05, 3.63) is 29.8 Å². The first kappa shape index (κ1) is 11.6. The highest BCUT2D eigenvalue weighted by Crippen LogP contribution is 2.20. The van der Waals surface area contributed by atoms with Crippen LogP contribution in [0.3, 0.4) is 0 Å². The van der Waals surface area contributed by atoms with Crippen molar-refractivity contribution in [1.82, 2.24) is 0 Å². The van der Waals surface area contributed by atoms with Crippen LogP contribution in [-0.2, 0) is 0 Å². The van der Waals surface area contributed by atoms with Crippen LogP contribution in [0.2, 0.25) is 0 Å². The van der Waals surface area contributed by atoms with Crippen LogP contribution in [0.1, 0.15) is 25.0 Å². The molecular formula is C13H17NO. The van der Waals surface area contributed by atoms with Gasteiger partial charge in [0.05, 0.1) is 12.6 Å². The summed E-state index contributed by atoms with van der Waals surface area (Å²) in [5.74, 6) is 2.59. The minimum absolute atomic E-state index is 0.364. The minimum Gasteiger partial charge on any atom is -0.388 e. The van der Waals surface area contributed by atoms with Gasteiger partial charge < -0.3 is 10.0 Å². The van der Waals surface area contributed by atoms with Crippen LogP contribution in [0.5, 0.6) is 0 Å². The van der Waals surface area contributed by atoms with Gasteiger partial charge in [-0.15, -0.1) is 6.42 Å². The number of rotatable bonds is 4. The van der Waals surface area contributed by atoms with E-state index in [1.54, 1.807) is 0 Å². The Kier molecular flexibility index (Phi) is 4.20. The zero-order valence-corrected chi connectivity index (χ0v) is 9.27. The van der Waals surface area contributed by atoms with Crippen LogP contribution in [0.25, 0.3) is 0 Å². The number of terminal acetylenes is 1. The molecular weight excluding hydrogens is 186 g/mol. The van der Waals surface area contributed by atoms with Gasteiger partial charge in [-0.05, 0) is 24.1 Å². The molecule has 2 nitrogen and oxygen atoms in total. The zero-order valence-electron chi connectivity index (χ0n) is 9.27. The van der Waals surface area contributed by atoms with Gasteiger partial charge >= 0.3 is 0 Å². The van der Waals surface area contributed by atoms with E-state index in [2.05, 4.69) is 5.92 Å². The summed E-state index contributed by atoms with van der Waals surface area (Å²) in [7, 11) is 1.95. The van der Waals surface area contributed by atoms with Gasteiger partial charge in [-0.25, -0.2) is 0 Å². The Bertz CT molecular complexity index is 337. The molecule has 0 aromatic heterocycles. The number of hydrogen-bond donors (Lipinski definition) is 1. The molecule has 1 aromatic rings. The monoisotopic (exact) mass is 203 g/mol. The Hall–Kier alpha value is -1.46. The first-order valence-corrected chi connectivity index (χ1v) is 5.11. The second kappa shape index (κ2) is 5.43. The summed E-state index contributed by atoms with van der Waals surface area (Å²) in [4.78, 5) is 1.99. The average Bonchev–Trinajstić information content (AvgIpc) is 2.28. The molecule has 1 rings (SSSR count). The average molecular weight is 203 g/mol. The molecule has 0 bridgehead atoms. The molecule has 1 aromatic carbocycles. The highest BCUT2D eigenvalue weighted by molar-refractivity contribution is 5.48. The van der Waals surface area contributed by atoms with E-state index >= 15 is 0 Å². The third-order valence-electron chi connectivity index (χ3n) is 2.43. The zero-order chi connectivity index (χ0) is 11.3. The number of aliphatic hydroxyl groups is 1. The second-order valence-corrected chi connectivity index (χ2v) is 3.58. The molecule has 0 spiro atoms. The maximum absolute atomic E-state index is 9.62. The predicted molar refractivity (Wildman–Crippen MR) is 63.8 cm³/mol. The Morgan fingerprint density at radius 1 is 1.40 bits per heavy atom. The fourth-order valence-corrected chi connectivity index (χ4v) is 1.41. The van der Waals surface area contributed by atoms with Crippen LogP contribution >= 0.6 is 0 Å². The fraction of sp³-hybridized carbons (Fsp3) is 0.385. The van der Waals surface area contributed by atoms with E-state index in [9.17, 15) is 5.11 Å². The molecule has 1 atom stereocenters. The molecule has 0 aliphatic heterocycles. The molecule has 1 N–H and O–H groups in total. The highest BCUT2D eigenvalue weighted by atomic mass is 16.3. The van der Waals surface area contributed by atoms with E-state index in [-0.39, 0.29) is 6.10 Å². The normalized spacial score (nSPS) is 11.9. The van der Waals surface area contributed by atoms with Crippen molar-refractivity contribution in [3.63, 3.8) is 0 Å². The van der Waals surface area contributed by atoms with Gasteiger partial charge in [0.25, 0.3) is 0 Å². The van der Waals surface area contributed by atoms with Crippen molar-refractivity contribution in [2.24, 2.45) is 0 Å². The largest absolute Gasteiger partial charge is 0.388 e. The number of hydrogen-bond acceptors (Lipinski definition) is 2. The number of benzene rings is 1. The van der Waals surface area contributed by atoms with E-state index in [1.807, 2.05) is 43.1 Å². The van der Waals surface area contributed by atoms with Gasteiger partial charge in [0.1, 0.15) is 0 Å².